The first-order valence-electron chi connectivity index (χ1n) is 8.29. The average Bonchev–Trinajstić information content (AvgIpc) is 2.58. The van der Waals surface area contributed by atoms with E-state index in [2.05, 4.69) is 11.1 Å². The van der Waals surface area contributed by atoms with Gasteiger partial charge in [-0.15, -0.1) is 0 Å². The van der Waals surface area contributed by atoms with E-state index < -0.39 is 24.0 Å². The lowest BCUT2D eigenvalue weighted by atomic mass is 9.81. The fraction of sp³-hybridized carbons (Fsp3) is 0.556. The highest BCUT2D eigenvalue weighted by atomic mass is 35.5. The molecule has 0 N–H and O–H groups in total. The molecule has 0 atom stereocenters. The minimum absolute atomic E-state index is 0.0593. The summed E-state index contributed by atoms with van der Waals surface area (Å²) in [5, 5.41) is 9.60. The number of nitriles is 1. The third kappa shape index (κ3) is 4.10. The normalized spacial score (nSPS) is 16.0. The van der Waals surface area contributed by atoms with Gasteiger partial charge in [0.05, 0.1) is 11.6 Å². The van der Waals surface area contributed by atoms with E-state index in [0.717, 1.165) is 19.3 Å². The van der Waals surface area contributed by atoms with Gasteiger partial charge in [-0.1, -0.05) is 30.9 Å². The molecule has 134 valence electrons. The molecule has 6 nitrogen and oxygen atoms in total. The Labute approximate surface area is 152 Å². The fourth-order valence-electron chi connectivity index (χ4n) is 3.23. The third-order valence-corrected chi connectivity index (χ3v) is 5.01. The number of hydrogen-bond donors (Lipinski definition) is 0. The van der Waals surface area contributed by atoms with E-state index in [4.69, 9.17) is 16.3 Å². The van der Waals surface area contributed by atoms with Crippen LogP contribution in [0.5, 0.6) is 0 Å². The van der Waals surface area contributed by atoms with Crippen LogP contribution in [0.1, 0.15) is 53.7 Å². The van der Waals surface area contributed by atoms with Crippen LogP contribution < -0.4 is 0 Å². The summed E-state index contributed by atoms with van der Waals surface area (Å²) >= 11 is 6.02. The Hall–Kier alpha value is -2.13. The van der Waals surface area contributed by atoms with Crippen molar-refractivity contribution in [2.24, 2.45) is 0 Å². The van der Waals surface area contributed by atoms with Gasteiger partial charge in [0, 0.05) is 12.7 Å². The highest BCUT2D eigenvalue weighted by molar-refractivity contribution is 6.32. The molecule has 1 aliphatic rings. The quantitative estimate of drug-likeness (QED) is 0.606. The predicted molar refractivity (Wildman–Crippen MR) is 93.2 cm³/mol. The summed E-state index contributed by atoms with van der Waals surface area (Å²) in [5.41, 5.74) is 0.698. The van der Waals surface area contributed by atoms with E-state index in [1.54, 1.807) is 27.0 Å². The van der Waals surface area contributed by atoms with E-state index >= 15 is 0 Å². The Morgan fingerprint density at radius 1 is 1.36 bits per heavy atom. The summed E-state index contributed by atoms with van der Waals surface area (Å²) < 4.78 is 5.13. The smallest absolute Gasteiger partial charge is 0.342 e. The maximum Gasteiger partial charge on any atom is 0.342 e. The van der Waals surface area contributed by atoms with Crippen LogP contribution in [0.3, 0.4) is 0 Å². The van der Waals surface area contributed by atoms with Gasteiger partial charge in [-0.3, -0.25) is 4.79 Å². The molecule has 0 saturated heterocycles. The number of amides is 1. The zero-order valence-electron chi connectivity index (χ0n) is 14.8. The molecule has 1 fully saturated rings. The molecule has 7 heteroatoms. The number of ether oxygens (including phenoxy) is 1. The zero-order valence-corrected chi connectivity index (χ0v) is 15.5. The molecule has 1 aromatic rings. The van der Waals surface area contributed by atoms with Crippen molar-refractivity contribution in [1.29, 1.82) is 5.26 Å². The number of carbonyl (C=O) groups excluding carboxylic acids is 2. The van der Waals surface area contributed by atoms with E-state index in [9.17, 15) is 14.9 Å². The van der Waals surface area contributed by atoms with Crippen molar-refractivity contribution >= 4 is 23.5 Å². The molecule has 1 aliphatic carbocycles. The third-order valence-electron chi connectivity index (χ3n) is 4.74. The van der Waals surface area contributed by atoms with Crippen molar-refractivity contribution < 1.29 is 14.3 Å². The molecular weight excluding hydrogens is 342 g/mol. The summed E-state index contributed by atoms with van der Waals surface area (Å²) in [6, 6.07) is 4.00. The second-order valence-corrected chi connectivity index (χ2v) is 6.84. The molecule has 2 rings (SSSR count). The first-order chi connectivity index (χ1) is 11.8. The average molecular weight is 364 g/mol. The monoisotopic (exact) mass is 363 g/mol. The van der Waals surface area contributed by atoms with Gasteiger partial charge < -0.3 is 9.64 Å². The summed E-state index contributed by atoms with van der Waals surface area (Å²) in [5.74, 6) is -1.09. The van der Waals surface area contributed by atoms with Crippen molar-refractivity contribution in [1.82, 2.24) is 9.88 Å². The molecule has 1 heterocycles. The molecule has 0 aromatic carbocycles. The molecule has 1 saturated carbocycles. The first kappa shape index (κ1) is 19.2. The van der Waals surface area contributed by atoms with E-state index in [0.29, 0.717) is 24.1 Å². The van der Waals surface area contributed by atoms with Crippen LogP contribution in [0, 0.1) is 25.2 Å². The molecule has 25 heavy (non-hydrogen) atoms. The van der Waals surface area contributed by atoms with Gasteiger partial charge in [0.25, 0.3) is 5.91 Å². The number of halogens is 1. The van der Waals surface area contributed by atoms with Gasteiger partial charge >= 0.3 is 5.97 Å². The van der Waals surface area contributed by atoms with E-state index in [-0.39, 0.29) is 10.7 Å². The van der Waals surface area contributed by atoms with Crippen molar-refractivity contribution in [2.75, 3.05) is 13.7 Å². The Bertz CT molecular complexity index is 698. The van der Waals surface area contributed by atoms with Crippen LogP contribution in [-0.4, -0.2) is 41.0 Å². The van der Waals surface area contributed by atoms with Crippen LogP contribution >= 0.6 is 11.6 Å². The molecule has 0 aliphatic heterocycles. The minimum atomic E-state index is -0.805. The van der Waals surface area contributed by atoms with Gasteiger partial charge in [-0.2, -0.15) is 5.26 Å². The van der Waals surface area contributed by atoms with Crippen molar-refractivity contribution in [3.8, 4) is 6.07 Å². The summed E-state index contributed by atoms with van der Waals surface area (Å²) in [4.78, 5) is 30.1. The predicted octanol–water partition coefficient (Wildman–Crippen LogP) is 3.19. The Morgan fingerprint density at radius 2 is 2.00 bits per heavy atom. The van der Waals surface area contributed by atoms with Crippen molar-refractivity contribution in [3.63, 3.8) is 0 Å². The lowest BCUT2D eigenvalue weighted by molar-refractivity contribution is -0.138. The Kier molecular flexibility index (Phi) is 6.02. The fourth-order valence-corrected chi connectivity index (χ4v) is 3.59. The summed E-state index contributed by atoms with van der Waals surface area (Å²) in [7, 11) is 1.59. The van der Waals surface area contributed by atoms with Gasteiger partial charge in [-0.05, 0) is 38.3 Å². The Morgan fingerprint density at radius 3 is 2.56 bits per heavy atom. The maximum atomic E-state index is 12.4. The number of pyridine rings is 1. The second-order valence-electron chi connectivity index (χ2n) is 6.48. The minimum Gasteiger partial charge on any atom is -0.452 e. The molecule has 0 bridgehead atoms. The van der Waals surface area contributed by atoms with Gasteiger partial charge in [0.2, 0.25) is 0 Å². The maximum absolute atomic E-state index is 12.4. The number of hydrogen-bond acceptors (Lipinski definition) is 5. The number of aromatic nitrogens is 1. The molecule has 0 unspecified atom stereocenters. The number of esters is 1. The van der Waals surface area contributed by atoms with Crippen LogP contribution in [0.25, 0.3) is 0 Å². The van der Waals surface area contributed by atoms with Gasteiger partial charge in [0.1, 0.15) is 10.7 Å². The largest absolute Gasteiger partial charge is 0.452 e. The highest BCUT2D eigenvalue weighted by Gasteiger charge is 2.39. The van der Waals surface area contributed by atoms with Crippen molar-refractivity contribution in [3.05, 3.63) is 28.0 Å². The van der Waals surface area contributed by atoms with Crippen LogP contribution in [0.4, 0.5) is 0 Å². The topological polar surface area (TPSA) is 83.3 Å². The number of likely N-dealkylation sites (N-methyl/N-ethyl adjacent to an activating group) is 1. The van der Waals surface area contributed by atoms with Gasteiger partial charge in [-0.25, -0.2) is 9.78 Å². The van der Waals surface area contributed by atoms with Crippen LogP contribution in [0.2, 0.25) is 5.15 Å². The zero-order chi connectivity index (χ0) is 18.6. The summed E-state index contributed by atoms with van der Waals surface area (Å²) in [6.45, 7) is 3.08. The first-order valence-corrected chi connectivity index (χ1v) is 8.67. The van der Waals surface area contributed by atoms with E-state index in [1.807, 2.05) is 0 Å². The number of nitrogens with zero attached hydrogens (tertiary/aromatic N) is 3. The molecule has 1 amide bonds. The van der Waals surface area contributed by atoms with Crippen molar-refractivity contribution in [2.45, 2.75) is 51.5 Å². The second kappa shape index (κ2) is 7.83. The highest BCUT2D eigenvalue weighted by Crippen LogP contribution is 2.32. The van der Waals surface area contributed by atoms with E-state index in [1.165, 1.54) is 4.90 Å². The summed E-state index contributed by atoms with van der Waals surface area (Å²) in [6.07, 6.45) is 4.18. The standard InChI is InChI=1S/C18H22ClN3O3/c1-12-9-13(2)21-16(19)15(12)17(24)25-10-14(23)22(3)18(11-20)7-5-4-6-8-18/h9H,4-8,10H2,1-3H3. The molecule has 0 radical (unpaired) electrons. The number of carbonyl (C=O) groups is 2. The molecular formula is C18H22ClN3O3. The SMILES string of the molecule is Cc1cc(C)c(C(=O)OCC(=O)N(C)C2(C#N)CCCCC2)c(Cl)n1. The number of rotatable bonds is 4. The lowest BCUT2D eigenvalue weighted by Gasteiger charge is -2.38. The number of aryl methyl sites for hydroxylation is 2. The van der Waals surface area contributed by atoms with Crippen LogP contribution in [0.15, 0.2) is 6.07 Å². The Balaban J connectivity index is 2.04. The molecule has 1 aromatic heterocycles. The molecule has 0 spiro atoms. The van der Waals surface area contributed by atoms with Crippen LogP contribution in [-0.2, 0) is 9.53 Å². The lowest BCUT2D eigenvalue weighted by Crippen LogP contribution is -2.51. The van der Waals surface area contributed by atoms with Gasteiger partial charge in [0.15, 0.2) is 6.61 Å².